The quantitative estimate of drug-likeness (QED) is 0.344. The summed E-state index contributed by atoms with van der Waals surface area (Å²) in [5.74, 6) is -0.0399. The molecule has 0 bridgehead atoms. The molecule has 0 radical (unpaired) electrons. The summed E-state index contributed by atoms with van der Waals surface area (Å²) < 4.78 is 5.19. The van der Waals surface area contributed by atoms with Gasteiger partial charge in [-0.3, -0.25) is 9.59 Å². The molecule has 7 heteroatoms. The number of carbonyl (C=O) groups is 2. The molecule has 0 aliphatic carbocycles. The Morgan fingerprint density at radius 1 is 1.11 bits per heavy atom. The molecule has 0 fully saturated rings. The molecule has 5 nitrogen and oxygen atoms in total. The van der Waals surface area contributed by atoms with Crippen molar-refractivity contribution in [3.8, 4) is 0 Å². The van der Waals surface area contributed by atoms with Crippen molar-refractivity contribution in [3.05, 3.63) is 92.6 Å². The van der Waals surface area contributed by atoms with Gasteiger partial charge in [0.15, 0.2) is 0 Å². The smallest absolute Gasteiger partial charge is 0.242 e. The Bertz CT molecular complexity index is 1120. The lowest BCUT2D eigenvalue weighted by Gasteiger charge is -2.37. The predicted molar refractivity (Wildman–Crippen MR) is 141 cm³/mol. The van der Waals surface area contributed by atoms with Gasteiger partial charge in [-0.1, -0.05) is 54.1 Å². The number of fused-ring (bicyclic) bond motifs is 1. The third-order valence-electron chi connectivity index (χ3n) is 6.40. The largest absolute Gasteiger partial charge is 0.385 e. The number of hydrogen-bond donors (Lipinski definition) is 0. The van der Waals surface area contributed by atoms with E-state index in [0.29, 0.717) is 44.0 Å². The van der Waals surface area contributed by atoms with Crippen LogP contribution in [0.2, 0.25) is 5.02 Å². The van der Waals surface area contributed by atoms with Gasteiger partial charge in [-0.05, 0) is 59.5 Å². The molecule has 1 unspecified atom stereocenters. The highest BCUT2D eigenvalue weighted by molar-refractivity contribution is 7.10. The van der Waals surface area contributed by atoms with Gasteiger partial charge < -0.3 is 14.5 Å². The fraction of sp³-hybridized carbons (Fsp3) is 0.357. The second-order valence-corrected chi connectivity index (χ2v) is 10.2. The van der Waals surface area contributed by atoms with Crippen LogP contribution in [0.1, 0.15) is 40.5 Å². The maximum atomic E-state index is 13.7. The van der Waals surface area contributed by atoms with Crippen molar-refractivity contribution in [1.29, 1.82) is 0 Å². The van der Waals surface area contributed by atoms with E-state index >= 15 is 0 Å². The van der Waals surface area contributed by atoms with E-state index in [-0.39, 0.29) is 24.4 Å². The van der Waals surface area contributed by atoms with Crippen molar-refractivity contribution in [2.24, 2.45) is 0 Å². The first-order chi connectivity index (χ1) is 17.1. The van der Waals surface area contributed by atoms with Crippen LogP contribution >= 0.6 is 22.9 Å². The normalized spacial score (nSPS) is 15.0. The molecule has 35 heavy (non-hydrogen) atoms. The summed E-state index contributed by atoms with van der Waals surface area (Å²) in [6.45, 7) is 1.74. The zero-order valence-electron chi connectivity index (χ0n) is 20.0. The predicted octanol–water partition coefficient (Wildman–Crippen LogP) is 5.37. The second kappa shape index (κ2) is 12.3. The van der Waals surface area contributed by atoms with Gasteiger partial charge in [-0.25, -0.2) is 0 Å². The number of methoxy groups -OCH3 is 1. The maximum Gasteiger partial charge on any atom is 0.242 e. The molecule has 1 aliphatic rings. The van der Waals surface area contributed by atoms with Crippen LogP contribution in [-0.2, 0) is 27.2 Å². The minimum atomic E-state index is -0.171. The fourth-order valence-electron chi connectivity index (χ4n) is 4.59. The molecule has 4 rings (SSSR count). The number of benzene rings is 2. The number of ether oxygens (including phenoxy) is 1. The van der Waals surface area contributed by atoms with E-state index < -0.39 is 0 Å². The van der Waals surface area contributed by atoms with Crippen molar-refractivity contribution >= 4 is 34.8 Å². The number of thiophene rings is 1. The molecule has 1 atom stereocenters. The van der Waals surface area contributed by atoms with E-state index in [9.17, 15) is 9.59 Å². The highest BCUT2D eigenvalue weighted by Gasteiger charge is 2.33. The van der Waals surface area contributed by atoms with Crippen LogP contribution in [0.25, 0.3) is 0 Å². The number of rotatable bonds is 10. The van der Waals surface area contributed by atoms with E-state index in [4.69, 9.17) is 16.3 Å². The maximum absolute atomic E-state index is 13.7. The van der Waals surface area contributed by atoms with E-state index in [1.807, 2.05) is 59.5 Å². The van der Waals surface area contributed by atoms with Crippen molar-refractivity contribution in [1.82, 2.24) is 9.80 Å². The summed E-state index contributed by atoms with van der Waals surface area (Å²) in [6.07, 6.45) is 2.55. The first-order valence-electron chi connectivity index (χ1n) is 12.0. The highest BCUT2D eigenvalue weighted by Crippen LogP contribution is 2.38. The summed E-state index contributed by atoms with van der Waals surface area (Å²) in [5, 5.41) is 2.76. The topological polar surface area (TPSA) is 49.9 Å². The van der Waals surface area contributed by atoms with E-state index in [2.05, 4.69) is 11.4 Å². The molecule has 0 saturated heterocycles. The first kappa shape index (κ1) is 25.4. The molecule has 2 aromatic carbocycles. The number of carbonyl (C=O) groups excluding carboxylic acids is 2. The number of amides is 2. The molecule has 0 saturated carbocycles. The molecule has 1 aliphatic heterocycles. The van der Waals surface area contributed by atoms with Gasteiger partial charge in [0.1, 0.15) is 0 Å². The van der Waals surface area contributed by atoms with E-state index in [0.717, 1.165) is 17.5 Å². The summed E-state index contributed by atoms with van der Waals surface area (Å²) in [5.41, 5.74) is 3.31. The molecule has 1 aromatic heterocycles. The molecule has 2 amide bonds. The van der Waals surface area contributed by atoms with Crippen LogP contribution < -0.4 is 0 Å². The minimum Gasteiger partial charge on any atom is -0.385 e. The van der Waals surface area contributed by atoms with Crippen LogP contribution in [0, 0.1) is 0 Å². The lowest BCUT2D eigenvalue weighted by molar-refractivity contribution is -0.142. The Hall–Kier alpha value is -2.67. The lowest BCUT2D eigenvalue weighted by atomic mass is 9.93. The van der Waals surface area contributed by atoms with Crippen molar-refractivity contribution in [3.63, 3.8) is 0 Å². The number of hydrogen-bond acceptors (Lipinski definition) is 4. The zero-order valence-corrected chi connectivity index (χ0v) is 21.6. The van der Waals surface area contributed by atoms with E-state index in [1.54, 1.807) is 23.3 Å². The Balaban J connectivity index is 1.51. The molecule has 184 valence electrons. The second-order valence-electron chi connectivity index (χ2n) is 8.74. The Morgan fingerprint density at radius 3 is 2.63 bits per heavy atom. The van der Waals surface area contributed by atoms with E-state index in [1.165, 1.54) is 10.4 Å². The van der Waals surface area contributed by atoms with Gasteiger partial charge in [0.2, 0.25) is 11.8 Å². The summed E-state index contributed by atoms with van der Waals surface area (Å²) in [4.78, 5) is 31.8. The SMILES string of the molecule is COCCCN(CC(=O)N1CCc2sccc2C1c1ccc(Cl)cc1)C(=O)CCc1ccccc1. The van der Waals surface area contributed by atoms with Gasteiger partial charge in [0.05, 0.1) is 12.6 Å². The fourth-order valence-corrected chi connectivity index (χ4v) is 5.62. The van der Waals surface area contributed by atoms with Crippen molar-refractivity contribution in [2.45, 2.75) is 31.7 Å². The van der Waals surface area contributed by atoms with Gasteiger partial charge in [0, 0.05) is 43.1 Å². The van der Waals surface area contributed by atoms with Crippen LogP contribution in [0.15, 0.2) is 66.0 Å². The Labute approximate surface area is 216 Å². The average molecular weight is 511 g/mol. The van der Waals surface area contributed by atoms with Gasteiger partial charge in [-0.2, -0.15) is 0 Å². The summed E-state index contributed by atoms with van der Waals surface area (Å²) in [6, 6.07) is 19.6. The van der Waals surface area contributed by atoms with Gasteiger partial charge >= 0.3 is 0 Å². The Kier molecular flexibility index (Phi) is 8.96. The molecule has 3 aromatic rings. The molecular formula is C28H31ClN2O3S. The van der Waals surface area contributed by atoms with Crippen LogP contribution in [-0.4, -0.2) is 55.0 Å². The van der Waals surface area contributed by atoms with Gasteiger partial charge in [-0.15, -0.1) is 11.3 Å². The monoisotopic (exact) mass is 510 g/mol. The molecular weight excluding hydrogens is 480 g/mol. The highest BCUT2D eigenvalue weighted by atomic mass is 35.5. The Morgan fingerprint density at radius 2 is 1.89 bits per heavy atom. The number of halogens is 1. The van der Waals surface area contributed by atoms with Crippen LogP contribution in [0.4, 0.5) is 0 Å². The summed E-state index contributed by atoms with van der Waals surface area (Å²) >= 11 is 7.87. The third kappa shape index (κ3) is 6.51. The summed E-state index contributed by atoms with van der Waals surface area (Å²) in [7, 11) is 1.65. The van der Waals surface area contributed by atoms with Crippen molar-refractivity contribution < 1.29 is 14.3 Å². The average Bonchev–Trinajstić information content (AvgIpc) is 3.36. The third-order valence-corrected chi connectivity index (χ3v) is 7.65. The van der Waals surface area contributed by atoms with Crippen molar-refractivity contribution in [2.75, 3.05) is 33.4 Å². The minimum absolute atomic E-state index is 0.00502. The first-order valence-corrected chi connectivity index (χ1v) is 13.2. The van der Waals surface area contributed by atoms with Crippen LogP contribution in [0.3, 0.4) is 0 Å². The van der Waals surface area contributed by atoms with Gasteiger partial charge in [0.25, 0.3) is 0 Å². The zero-order chi connectivity index (χ0) is 24.6. The number of nitrogens with zero attached hydrogens (tertiary/aromatic N) is 2. The molecule has 0 N–H and O–H groups in total. The molecule has 0 spiro atoms. The lowest BCUT2D eigenvalue weighted by Crippen LogP contribution is -2.47. The standard InChI is InChI=1S/C28H31ClN2O3S/c1-34-18-5-16-30(26(32)13-8-21-6-3-2-4-7-21)20-27(33)31-17-14-25-24(15-19-35-25)28(31)22-9-11-23(29)12-10-22/h2-4,6-7,9-12,15,19,28H,5,8,13-14,16-18,20H2,1H3. The number of aryl methyl sites for hydroxylation is 1. The molecule has 2 heterocycles. The van der Waals surface area contributed by atoms with Crippen LogP contribution in [0.5, 0.6) is 0 Å².